The maximum absolute atomic E-state index is 11.3. The summed E-state index contributed by atoms with van der Waals surface area (Å²) in [5.74, 6) is -0.646. The van der Waals surface area contributed by atoms with Crippen molar-refractivity contribution in [2.75, 3.05) is 0 Å². The molecule has 0 saturated heterocycles. The van der Waals surface area contributed by atoms with Crippen molar-refractivity contribution in [2.24, 2.45) is 5.41 Å². The van der Waals surface area contributed by atoms with Crippen LogP contribution in [0.1, 0.15) is 46.0 Å². The molecule has 1 N–H and O–H groups in total. The average Bonchev–Trinajstić information content (AvgIpc) is 2.27. The van der Waals surface area contributed by atoms with Gasteiger partial charge < -0.3 is 5.11 Å². The Bertz CT molecular complexity index is 289. The van der Waals surface area contributed by atoms with Crippen molar-refractivity contribution in [3.63, 3.8) is 0 Å². The van der Waals surface area contributed by atoms with Gasteiger partial charge in [0.1, 0.15) is 0 Å². The lowest BCUT2D eigenvalue weighted by atomic mass is 9.74. The first-order valence-corrected chi connectivity index (χ1v) is 5.65. The van der Waals surface area contributed by atoms with E-state index < -0.39 is 11.4 Å². The normalized spacial score (nSPS) is 26.7. The lowest BCUT2D eigenvalue weighted by Crippen LogP contribution is -2.31. The van der Waals surface area contributed by atoms with Gasteiger partial charge in [0.2, 0.25) is 0 Å². The van der Waals surface area contributed by atoms with Crippen molar-refractivity contribution in [1.29, 1.82) is 0 Å². The molecule has 1 aliphatic rings. The molecule has 0 aliphatic heterocycles. The molecule has 0 aromatic carbocycles. The molecule has 84 valence electrons. The minimum atomic E-state index is -0.646. The van der Waals surface area contributed by atoms with Gasteiger partial charge >= 0.3 is 5.97 Å². The van der Waals surface area contributed by atoms with Crippen LogP contribution < -0.4 is 0 Å². The van der Waals surface area contributed by atoms with Gasteiger partial charge in [0.25, 0.3) is 0 Å². The SMILES string of the molecule is CCC(C)=CC[C@@]1(C(=O)O)CC=CCC1. The molecule has 0 aromatic rings. The molecule has 0 heterocycles. The third-order valence-corrected chi connectivity index (χ3v) is 3.32. The molecule has 1 atom stereocenters. The minimum Gasteiger partial charge on any atom is -0.481 e. The van der Waals surface area contributed by atoms with Gasteiger partial charge in [-0.1, -0.05) is 30.7 Å². The van der Waals surface area contributed by atoms with Crippen molar-refractivity contribution in [3.05, 3.63) is 23.8 Å². The fourth-order valence-corrected chi connectivity index (χ4v) is 1.87. The van der Waals surface area contributed by atoms with Crippen LogP contribution in [0.4, 0.5) is 0 Å². The van der Waals surface area contributed by atoms with Crippen molar-refractivity contribution in [2.45, 2.75) is 46.0 Å². The third-order valence-electron chi connectivity index (χ3n) is 3.32. The summed E-state index contributed by atoms with van der Waals surface area (Å²) >= 11 is 0. The summed E-state index contributed by atoms with van der Waals surface area (Å²) in [7, 11) is 0. The summed E-state index contributed by atoms with van der Waals surface area (Å²) in [5, 5.41) is 9.31. The summed E-state index contributed by atoms with van der Waals surface area (Å²) < 4.78 is 0. The lowest BCUT2D eigenvalue weighted by molar-refractivity contribution is -0.149. The highest BCUT2D eigenvalue weighted by molar-refractivity contribution is 5.75. The van der Waals surface area contributed by atoms with E-state index in [9.17, 15) is 9.90 Å². The Labute approximate surface area is 91.7 Å². The Morgan fingerprint density at radius 3 is 2.73 bits per heavy atom. The van der Waals surface area contributed by atoms with Crippen LogP contribution in [0.3, 0.4) is 0 Å². The summed E-state index contributed by atoms with van der Waals surface area (Å²) in [6.45, 7) is 4.16. The smallest absolute Gasteiger partial charge is 0.310 e. The molecule has 15 heavy (non-hydrogen) atoms. The van der Waals surface area contributed by atoms with Gasteiger partial charge in [0.05, 0.1) is 5.41 Å². The number of carboxylic acid groups (broad SMARTS) is 1. The van der Waals surface area contributed by atoms with Crippen LogP contribution in [-0.4, -0.2) is 11.1 Å². The van der Waals surface area contributed by atoms with Crippen LogP contribution in [0, 0.1) is 5.41 Å². The van der Waals surface area contributed by atoms with Crippen molar-refractivity contribution >= 4 is 5.97 Å². The Morgan fingerprint density at radius 2 is 2.27 bits per heavy atom. The van der Waals surface area contributed by atoms with Gasteiger partial charge in [-0.15, -0.1) is 0 Å². The standard InChI is InChI=1S/C13H20O2/c1-3-11(2)7-10-13(12(14)15)8-5-4-6-9-13/h4-5,7H,3,6,8-10H2,1-2H3,(H,14,15)/t13-/m1/s1. The average molecular weight is 208 g/mol. The van der Waals surface area contributed by atoms with E-state index in [1.165, 1.54) is 5.57 Å². The van der Waals surface area contributed by atoms with Gasteiger partial charge in [0.15, 0.2) is 0 Å². The zero-order valence-electron chi connectivity index (χ0n) is 9.62. The molecule has 1 rings (SSSR count). The van der Waals surface area contributed by atoms with Crippen molar-refractivity contribution in [1.82, 2.24) is 0 Å². The van der Waals surface area contributed by atoms with E-state index in [2.05, 4.69) is 26.0 Å². The first-order valence-electron chi connectivity index (χ1n) is 5.65. The van der Waals surface area contributed by atoms with E-state index in [-0.39, 0.29) is 0 Å². The Morgan fingerprint density at radius 1 is 1.53 bits per heavy atom. The predicted molar refractivity (Wildman–Crippen MR) is 61.7 cm³/mol. The van der Waals surface area contributed by atoms with Crippen LogP contribution in [0.15, 0.2) is 23.8 Å². The van der Waals surface area contributed by atoms with E-state index in [1.54, 1.807) is 0 Å². The van der Waals surface area contributed by atoms with E-state index in [1.807, 2.05) is 6.08 Å². The molecule has 0 bridgehead atoms. The van der Waals surface area contributed by atoms with E-state index in [0.717, 1.165) is 19.3 Å². The number of allylic oxidation sites excluding steroid dienone is 4. The topological polar surface area (TPSA) is 37.3 Å². The van der Waals surface area contributed by atoms with E-state index >= 15 is 0 Å². The molecular weight excluding hydrogens is 188 g/mol. The fourth-order valence-electron chi connectivity index (χ4n) is 1.87. The van der Waals surface area contributed by atoms with Crippen molar-refractivity contribution in [3.8, 4) is 0 Å². The first kappa shape index (κ1) is 12.0. The highest BCUT2D eigenvalue weighted by Gasteiger charge is 2.36. The fraction of sp³-hybridized carbons (Fsp3) is 0.615. The molecule has 0 fully saturated rings. The maximum atomic E-state index is 11.3. The highest BCUT2D eigenvalue weighted by Crippen LogP contribution is 2.37. The molecule has 0 aromatic heterocycles. The molecule has 2 nitrogen and oxygen atoms in total. The van der Waals surface area contributed by atoms with Gasteiger partial charge in [-0.25, -0.2) is 0 Å². The molecule has 0 spiro atoms. The minimum absolute atomic E-state index is 0.537. The Kier molecular flexibility index (Phi) is 4.13. The Hall–Kier alpha value is -1.05. The molecule has 0 unspecified atom stereocenters. The lowest BCUT2D eigenvalue weighted by Gasteiger charge is -2.29. The molecule has 2 heteroatoms. The summed E-state index contributed by atoms with van der Waals surface area (Å²) in [6.07, 6.45) is 10.2. The highest BCUT2D eigenvalue weighted by atomic mass is 16.4. The Balaban J connectivity index is 2.74. The van der Waals surface area contributed by atoms with Gasteiger partial charge in [-0.3, -0.25) is 4.79 Å². The molecular formula is C13H20O2. The quantitative estimate of drug-likeness (QED) is 0.717. The van der Waals surface area contributed by atoms with Crippen LogP contribution in [0.2, 0.25) is 0 Å². The second-order valence-electron chi connectivity index (χ2n) is 4.41. The molecule has 0 radical (unpaired) electrons. The van der Waals surface area contributed by atoms with Gasteiger partial charge in [-0.2, -0.15) is 0 Å². The van der Waals surface area contributed by atoms with Gasteiger partial charge in [0, 0.05) is 0 Å². The predicted octanol–water partition coefficient (Wildman–Crippen LogP) is 3.54. The largest absolute Gasteiger partial charge is 0.481 e. The zero-order chi connectivity index (χ0) is 11.3. The summed E-state index contributed by atoms with van der Waals surface area (Å²) in [6, 6.07) is 0. The second kappa shape index (κ2) is 5.15. The zero-order valence-corrected chi connectivity index (χ0v) is 9.62. The number of rotatable bonds is 4. The van der Waals surface area contributed by atoms with Crippen LogP contribution in [0.25, 0.3) is 0 Å². The number of carbonyl (C=O) groups is 1. The van der Waals surface area contributed by atoms with Crippen molar-refractivity contribution < 1.29 is 9.90 Å². The molecule has 0 saturated carbocycles. The van der Waals surface area contributed by atoms with Gasteiger partial charge in [-0.05, 0) is 39.0 Å². The maximum Gasteiger partial charge on any atom is 0.310 e. The molecule has 1 aliphatic carbocycles. The summed E-state index contributed by atoms with van der Waals surface area (Å²) in [4.78, 5) is 11.3. The van der Waals surface area contributed by atoms with Crippen LogP contribution in [0.5, 0.6) is 0 Å². The van der Waals surface area contributed by atoms with Crippen LogP contribution >= 0.6 is 0 Å². The number of aliphatic carboxylic acids is 1. The molecule has 0 amide bonds. The monoisotopic (exact) mass is 208 g/mol. The second-order valence-corrected chi connectivity index (χ2v) is 4.41. The number of hydrogen-bond acceptors (Lipinski definition) is 1. The van der Waals surface area contributed by atoms with Crippen LogP contribution in [-0.2, 0) is 4.79 Å². The third kappa shape index (κ3) is 2.95. The number of hydrogen-bond donors (Lipinski definition) is 1. The number of carboxylic acids is 1. The first-order chi connectivity index (χ1) is 7.10. The van der Waals surface area contributed by atoms with E-state index in [4.69, 9.17) is 0 Å². The van der Waals surface area contributed by atoms with E-state index in [0.29, 0.717) is 12.8 Å². The summed E-state index contributed by atoms with van der Waals surface area (Å²) in [5.41, 5.74) is 0.746.